The smallest absolute Gasteiger partial charge is 0.222 e. The van der Waals surface area contributed by atoms with E-state index in [2.05, 4.69) is 58.4 Å². The largest absolute Gasteiger partial charge is 0.338 e. The maximum absolute atomic E-state index is 12.9. The van der Waals surface area contributed by atoms with Gasteiger partial charge in [-0.1, -0.05) is 43.3 Å². The molecule has 5 nitrogen and oxygen atoms in total. The Labute approximate surface area is 185 Å². The molecule has 4 rings (SSSR count). The van der Waals surface area contributed by atoms with Gasteiger partial charge in [0.25, 0.3) is 0 Å². The van der Waals surface area contributed by atoms with Gasteiger partial charge in [0.15, 0.2) is 0 Å². The van der Waals surface area contributed by atoms with Crippen LogP contribution >= 0.6 is 0 Å². The minimum absolute atomic E-state index is 0.0509. The van der Waals surface area contributed by atoms with Gasteiger partial charge in [-0.2, -0.15) is 0 Å². The van der Waals surface area contributed by atoms with E-state index in [1.54, 1.807) is 0 Å². The molecule has 2 aliphatic rings. The standard InChI is InChI=1S/C26H33N3O2/c1-3-6-25(31)29-17-23-8-5-4-7-22(23)15-26(19-29)13-14-28(18-26)16-21-9-11-24(12-10-21)27-20(2)30/h4-5,7-12H,3,6,13-19H2,1-2H3,(H,27,30). The van der Waals surface area contributed by atoms with Gasteiger partial charge < -0.3 is 10.2 Å². The molecule has 5 heteroatoms. The summed E-state index contributed by atoms with van der Waals surface area (Å²) in [7, 11) is 0. The molecular weight excluding hydrogens is 386 g/mol. The van der Waals surface area contributed by atoms with Crippen LogP contribution in [0.2, 0.25) is 0 Å². The fourth-order valence-electron chi connectivity index (χ4n) is 5.15. The number of nitrogens with one attached hydrogen (secondary N) is 1. The molecule has 0 aliphatic carbocycles. The van der Waals surface area contributed by atoms with E-state index >= 15 is 0 Å². The molecule has 2 amide bonds. The Hall–Kier alpha value is -2.66. The van der Waals surface area contributed by atoms with Gasteiger partial charge >= 0.3 is 0 Å². The van der Waals surface area contributed by atoms with Crippen LogP contribution in [0.3, 0.4) is 0 Å². The fraction of sp³-hybridized carbons (Fsp3) is 0.462. The lowest BCUT2D eigenvalue weighted by Crippen LogP contribution is -2.41. The van der Waals surface area contributed by atoms with E-state index in [1.807, 2.05) is 12.1 Å². The summed E-state index contributed by atoms with van der Waals surface area (Å²) in [6, 6.07) is 16.8. The van der Waals surface area contributed by atoms with Gasteiger partial charge in [0.05, 0.1) is 0 Å². The molecule has 164 valence electrons. The number of nitrogens with zero attached hydrogens (tertiary/aromatic N) is 2. The van der Waals surface area contributed by atoms with Gasteiger partial charge in [-0.25, -0.2) is 0 Å². The molecule has 2 aromatic carbocycles. The number of amides is 2. The number of hydrogen-bond acceptors (Lipinski definition) is 3. The van der Waals surface area contributed by atoms with Crippen LogP contribution in [-0.4, -0.2) is 41.2 Å². The van der Waals surface area contributed by atoms with Crippen LogP contribution in [0.15, 0.2) is 48.5 Å². The van der Waals surface area contributed by atoms with Crippen molar-refractivity contribution in [2.75, 3.05) is 25.0 Å². The number of benzene rings is 2. The minimum atomic E-state index is -0.0509. The van der Waals surface area contributed by atoms with Crippen molar-refractivity contribution >= 4 is 17.5 Å². The van der Waals surface area contributed by atoms with E-state index in [-0.39, 0.29) is 17.2 Å². The molecule has 0 saturated carbocycles. The van der Waals surface area contributed by atoms with Crippen molar-refractivity contribution in [3.05, 3.63) is 65.2 Å². The Morgan fingerprint density at radius 3 is 2.48 bits per heavy atom. The quantitative estimate of drug-likeness (QED) is 0.789. The lowest BCUT2D eigenvalue weighted by Gasteiger charge is -2.33. The molecule has 1 saturated heterocycles. The van der Waals surface area contributed by atoms with E-state index < -0.39 is 0 Å². The minimum Gasteiger partial charge on any atom is -0.338 e. The summed E-state index contributed by atoms with van der Waals surface area (Å²) in [6.07, 6.45) is 3.67. The molecule has 1 unspecified atom stereocenters. The summed E-state index contributed by atoms with van der Waals surface area (Å²) in [6.45, 7) is 8.13. The summed E-state index contributed by atoms with van der Waals surface area (Å²) in [4.78, 5) is 28.7. The van der Waals surface area contributed by atoms with E-state index in [1.165, 1.54) is 23.6 Å². The number of likely N-dealkylation sites (tertiary alicyclic amines) is 1. The maximum Gasteiger partial charge on any atom is 0.222 e. The SMILES string of the molecule is CCCC(=O)N1Cc2ccccc2CC2(CCN(Cc3ccc(NC(C)=O)cc3)C2)C1. The van der Waals surface area contributed by atoms with Gasteiger partial charge in [0.2, 0.25) is 11.8 Å². The highest BCUT2D eigenvalue weighted by molar-refractivity contribution is 5.88. The molecule has 2 aromatic rings. The Balaban J connectivity index is 1.49. The van der Waals surface area contributed by atoms with Crippen LogP contribution in [0.4, 0.5) is 5.69 Å². The van der Waals surface area contributed by atoms with Gasteiger partial charge in [0.1, 0.15) is 0 Å². The Morgan fingerprint density at radius 2 is 1.77 bits per heavy atom. The van der Waals surface area contributed by atoms with Gasteiger partial charge in [-0.05, 0) is 54.6 Å². The third kappa shape index (κ3) is 5.16. The lowest BCUT2D eigenvalue weighted by atomic mass is 9.80. The van der Waals surface area contributed by atoms with Gasteiger partial charge in [-0.15, -0.1) is 0 Å². The fourth-order valence-corrected chi connectivity index (χ4v) is 5.15. The third-order valence-electron chi connectivity index (χ3n) is 6.59. The molecule has 2 heterocycles. The summed E-state index contributed by atoms with van der Waals surface area (Å²) >= 11 is 0. The van der Waals surface area contributed by atoms with Crippen LogP contribution in [0, 0.1) is 5.41 Å². The van der Waals surface area contributed by atoms with Crippen LogP contribution in [0.1, 0.15) is 49.8 Å². The first-order valence-electron chi connectivity index (χ1n) is 11.4. The summed E-state index contributed by atoms with van der Waals surface area (Å²) < 4.78 is 0. The van der Waals surface area contributed by atoms with Crippen molar-refractivity contribution in [1.82, 2.24) is 9.80 Å². The zero-order chi connectivity index (χ0) is 21.8. The number of carbonyl (C=O) groups is 2. The number of carbonyl (C=O) groups excluding carboxylic acids is 2. The van der Waals surface area contributed by atoms with Crippen molar-refractivity contribution in [3.63, 3.8) is 0 Å². The highest BCUT2D eigenvalue weighted by Crippen LogP contribution is 2.39. The van der Waals surface area contributed by atoms with Crippen molar-refractivity contribution in [3.8, 4) is 0 Å². The maximum atomic E-state index is 12.9. The molecule has 1 N–H and O–H groups in total. The predicted molar refractivity (Wildman–Crippen MR) is 124 cm³/mol. The van der Waals surface area contributed by atoms with E-state index in [0.29, 0.717) is 6.42 Å². The van der Waals surface area contributed by atoms with Gasteiger partial charge in [0, 0.05) is 50.6 Å². The zero-order valence-corrected chi connectivity index (χ0v) is 18.7. The molecule has 0 aromatic heterocycles. The topological polar surface area (TPSA) is 52.7 Å². The van der Waals surface area contributed by atoms with Crippen LogP contribution in [0.25, 0.3) is 0 Å². The van der Waals surface area contributed by atoms with Crippen LogP contribution in [0.5, 0.6) is 0 Å². The van der Waals surface area contributed by atoms with Crippen molar-refractivity contribution in [2.45, 2.75) is 52.6 Å². The summed E-state index contributed by atoms with van der Waals surface area (Å²) in [5.41, 5.74) is 4.90. The van der Waals surface area contributed by atoms with E-state index in [0.717, 1.165) is 57.7 Å². The molecule has 1 atom stereocenters. The number of hydrogen-bond donors (Lipinski definition) is 1. The molecule has 31 heavy (non-hydrogen) atoms. The highest BCUT2D eigenvalue weighted by atomic mass is 16.2. The van der Waals surface area contributed by atoms with Crippen LogP contribution in [-0.2, 0) is 29.1 Å². The zero-order valence-electron chi connectivity index (χ0n) is 18.7. The lowest BCUT2D eigenvalue weighted by molar-refractivity contribution is -0.133. The number of rotatable bonds is 5. The second-order valence-corrected chi connectivity index (χ2v) is 9.28. The molecule has 1 spiro atoms. The molecule has 2 aliphatic heterocycles. The van der Waals surface area contributed by atoms with E-state index in [4.69, 9.17) is 0 Å². The average molecular weight is 420 g/mol. The summed E-state index contributed by atoms with van der Waals surface area (Å²) in [5.74, 6) is 0.232. The Kier molecular flexibility index (Phi) is 6.42. The molecule has 0 bridgehead atoms. The molecule has 1 fully saturated rings. The third-order valence-corrected chi connectivity index (χ3v) is 6.59. The van der Waals surface area contributed by atoms with Crippen molar-refractivity contribution in [1.29, 1.82) is 0 Å². The first kappa shape index (κ1) is 21.6. The Bertz CT molecular complexity index is 940. The number of anilines is 1. The van der Waals surface area contributed by atoms with Gasteiger partial charge in [-0.3, -0.25) is 14.5 Å². The van der Waals surface area contributed by atoms with E-state index in [9.17, 15) is 9.59 Å². The second kappa shape index (κ2) is 9.23. The van der Waals surface area contributed by atoms with Crippen molar-refractivity contribution in [2.24, 2.45) is 5.41 Å². The second-order valence-electron chi connectivity index (χ2n) is 9.28. The first-order valence-corrected chi connectivity index (χ1v) is 11.4. The van der Waals surface area contributed by atoms with Crippen LogP contribution < -0.4 is 5.32 Å². The van der Waals surface area contributed by atoms with Crippen molar-refractivity contribution < 1.29 is 9.59 Å². The summed E-state index contributed by atoms with van der Waals surface area (Å²) in [5, 5.41) is 2.82. The average Bonchev–Trinajstić information content (AvgIpc) is 3.03. The Morgan fingerprint density at radius 1 is 1.03 bits per heavy atom. The molecular formula is C26H33N3O2. The normalized spacial score (nSPS) is 21.0. The molecule has 0 radical (unpaired) electrons. The highest BCUT2D eigenvalue weighted by Gasteiger charge is 2.42. The predicted octanol–water partition coefficient (Wildman–Crippen LogP) is 4.22. The number of fused-ring (bicyclic) bond motifs is 1. The monoisotopic (exact) mass is 419 g/mol. The first-order chi connectivity index (χ1) is 15.0.